The van der Waals surface area contributed by atoms with E-state index in [2.05, 4.69) is 9.72 Å². The van der Waals surface area contributed by atoms with Gasteiger partial charge in [-0.1, -0.05) is 6.07 Å². The number of rotatable bonds is 7. The third-order valence-electron chi connectivity index (χ3n) is 3.44. The smallest absolute Gasteiger partial charge is 0.460 e. The molecule has 0 aliphatic carbocycles. The van der Waals surface area contributed by atoms with E-state index in [1.807, 2.05) is 0 Å². The number of nitrogens with one attached hydrogen (secondary N) is 1. The van der Waals surface area contributed by atoms with E-state index in [-0.39, 0.29) is 24.6 Å². The number of amides is 1. The predicted molar refractivity (Wildman–Crippen MR) is 81.5 cm³/mol. The minimum absolute atomic E-state index is 0.287. The average molecular weight is 372 g/mol. The Bertz CT molecular complexity index is 735. The monoisotopic (exact) mass is 372 g/mol. The van der Waals surface area contributed by atoms with Gasteiger partial charge in [0.15, 0.2) is 5.76 Å². The number of alkyl halides is 3. The van der Waals surface area contributed by atoms with Crippen LogP contribution in [0.15, 0.2) is 47.2 Å². The minimum atomic E-state index is -5.14. The Kier molecular flexibility index (Phi) is 5.98. The molecule has 26 heavy (non-hydrogen) atoms. The number of hydrogen-bond acceptors (Lipinski definition) is 5. The Balaban J connectivity index is 2.36. The molecule has 7 nitrogen and oxygen atoms in total. The minimum Gasteiger partial charge on any atom is -0.460 e. The molecular formula is C16H17F3N3O4+. The summed E-state index contributed by atoms with van der Waals surface area (Å²) in [6, 6.07) is 7.21. The van der Waals surface area contributed by atoms with Gasteiger partial charge < -0.3 is 14.5 Å². The lowest BCUT2D eigenvalue weighted by atomic mass is 10.1. The maximum atomic E-state index is 13.9. The van der Waals surface area contributed by atoms with Gasteiger partial charge in [0.2, 0.25) is 0 Å². The first-order valence-electron chi connectivity index (χ1n) is 7.64. The van der Waals surface area contributed by atoms with Crippen LogP contribution in [-0.4, -0.2) is 35.3 Å². The molecule has 2 rings (SSSR count). The zero-order valence-electron chi connectivity index (χ0n) is 13.7. The van der Waals surface area contributed by atoms with Gasteiger partial charge in [0, 0.05) is 6.20 Å². The first kappa shape index (κ1) is 19.4. The van der Waals surface area contributed by atoms with Gasteiger partial charge in [0.25, 0.3) is 5.91 Å². The van der Waals surface area contributed by atoms with Crippen LogP contribution < -0.4 is 10.6 Å². The van der Waals surface area contributed by atoms with E-state index in [0.29, 0.717) is 5.32 Å². The van der Waals surface area contributed by atoms with E-state index in [1.54, 1.807) is 17.4 Å². The molecule has 0 aliphatic heterocycles. The number of carbonyl (C=O) groups excluding carboxylic acids is 2. The SMILES string of the molecule is CCOC(=O)[C@@](NC(=O)c1ccco1)([NH2+]Cc1ccccn1)C(F)(F)F. The van der Waals surface area contributed by atoms with Crippen molar-refractivity contribution in [1.82, 2.24) is 10.3 Å². The molecule has 140 valence electrons. The van der Waals surface area contributed by atoms with Crippen LogP contribution in [0.25, 0.3) is 0 Å². The third kappa shape index (κ3) is 4.20. The van der Waals surface area contributed by atoms with Crippen molar-refractivity contribution in [2.45, 2.75) is 25.3 Å². The Morgan fingerprint density at radius 1 is 1.27 bits per heavy atom. The van der Waals surface area contributed by atoms with Crippen molar-refractivity contribution in [2.75, 3.05) is 6.61 Å². The van der Waals surface area contributed by atoms with Gasteiger partial charge in [-0.25, -0.2) is 4.79 Å². The number of ether oxygens (including phenoxy) is 1. The zero-order chi connectivity index (χ0) is 19.2. The summed E-state index contributed by atoms with van der Waals surface area (Å²) in [7, 11) is 0. The van der Waals surface area contributed by atoms with Crippen LogP contribution in [0.5, 0.6) is 0 Å². The quantitative estimate of drug-likeness (QED) is 0.558. The highest BCUT2D eigenvalue weighted by Gasteiger charge is 2.67. The molecule has 2 aromatic heterocycles. The van der Waals surface area contributed by atoms with Crippen LogP contribution in [0, 0.1) is 0 Å². The van der Waals surface area contributed by atoms with E-state index in [4.69, 9.17) is 4.42 Å². The number of esters is 1. The molecule has 0 bridgehead atoms. The highest BCUT2D eigenvalue weighted by molar-refractivity contribution is 5.95. The Hall–Kier alpha value is -2.88. The number of hydrogen-bond donors (Lipinski definition) is 2. The highest BCUT2D eigenvalue weighted by Crippen LogP contribution is 2.27. The molecular weight excluding hydrogens is 355 g/mol. The fraction of sp³-hybridized carbons (Fsp3) is 0.312. The Morgan fingerprint density at radius 2 is 2.04 bits per heavy atom. The summed E-state index contributed by atoms with van der Waals surface area (Å²) in [4.78, 5) is 28.3. The van der Waals surface area contributed by atoms with E-state index in [9.17, 15) is 22.8 Å². The van der Waals surface area contributed by atoms with Gasteiger partial charge >= 0.3 is 17.8 Å². The Morgan fingerprint density at radius 3 is 2.58 bits per heavy atom. The lowest BCUT2D eigenvalue weighted by Crippen LogP contribution is -3.06. The molecule has 0 fully saturated rings. The van der Waals surface area contributed by atoms with Crippen LogP contribution in [-0.2, 0) is 16.1 Å². The second kappa shape index (κ2) is 8.00. The van der Waals surface area contributed by atoms with Gasteiger partial charge in [-0.3, -0.25) is 15.1 Å². The van der Waals surface area contributed by atoms with Crippen molar-refractivity contribution < 1.29 is 37.2 Å². The molecule has 10 heteroatoms. The number of aromatic nitrogens is 1. The maximum absolute atomic E-state index is 13.9. The molecule has 0 spiro atoms. The van der Waals surface area contributed by atoms with Crippen molar-refractivity contribution in [3.8, 4) is 0 Å². The zero-order valence-corrected chi connectivity index (χ0v) is 13.7. The van der Waals surface area contributed by atoms with Crippen molar-refractivity contribution in [3.05, 3.63) is 54.2 Å². The topological polar surface area (TPSA) is 98.0 Å². The van der Waals surface area contributed by atoms with Gasteiger partial charge in [-0.15, -0.1) is 0 Å². The summed E-state index contributed by atoms with van der Waals surface area (Å²) in [6.45, 7) is 0.758. The molecule has 0 radical (unpaired) electrons. The third-order valence-corrected chi connectivity index (χ3v) is 3.44. The molecule has 0 unspecified atom stereocenters. The summed E-state index contributed by atoms with van der Waals surface area (Å²) in [6.07, 6.45) is -2.60. The van der Waals surface area contributed by atoms with Gasteiger partial charge in [0.1, 0.15) is 6.54 Å². The molecule has 0 aromatic carbocycles. The van der Waals surface area contributed by atoms with Gasteiger partial charge in [-0.05, 0) is 31.2 Å². The maximum Gasteiger partial charge on any atom is 0.478 e. The van der Waals surface area contributed by atoms with Crippen LogP contribution in [0.3, 0.4) is 0 Å². The summed E-state index contributed by atoms with van der Waals surface area (Å²) < 4.78 is 51.0. The first-order valence-corrected chi connectivity index (χ1v) is 7.64. The van der Waals surface area contributed by atoms with E-state index < -0.39 is 23.7 Å². The summed E-state index contributed by atoms with van der Waals surface area (Å²) >= 11 is 0. The van der Waals surface area contributed by atoms with E-state index in [1.165, 1.54) is 31.3 Å². The Labute approximate surface area is 146 Å². The molecule has 0 aliphatic rings. The van der Waals surface area contributed by atoms with Crippen molar-refractivity contribution in [2.24, 2.45) is 0 Å². The fourth-order valence-corrected chi connectivity index (χ4v) is 2.16. The number of pyridine rings is 1. The molecule has 2 aromatic rings. The predicted octanol–water partition coefficient (Wildman–Crippen LogP) is 0.990. The molecule has 1 atom stereocenters. The van der Waals surface area contributed by atoms with Crippen LogP contribution in [0.4, 0.5) is 13.2 Å². The number of carbonyl (C=O) groups is 2. The van der Waals surface area contributed by atoms with Gasteiger partial charge in [0.05, 0.1) is 18.6 Å². The van der Waals surface area contributed by atoms with Crippen molar-refractivity contribution >= 4 is 11.9 Å². The molecule has 0 saturated carbocycles. The van der Waals surface area contributed by atoms with Crippen molar-refractivity contribution in [3.63, 3.8) is 0 Å². The molecule has 3 N–H and O–H groups in total. The van der Waals surface area contributed by atoms with Crippen LogP contribution in [0.2, 0.25) is 0 Å². The van der Waals surface area contributed by atoms with Crippen LogP contribution >= 0.6 is 0 Å². The number of nitrogens with two attached hydrogens (primary N) is 1. The second-order valence-electron chi connectivity index (χ2n) is 5.19. The largest absolute Gasteiger partial charge is 0.478 e. The number of quaternary nitrogens is 1. The lowest BCUT2D eigenvalue weighted by Gasteiger charge is -2.30. The normalized spacial score (nSPS) is 13.7. The molecule has 0 saturated heterocycles. The number of nitrogens with zero attached hydrogens (tertiary/aromatic N) is 1. The average Bonchev–Trinajstić information content (AvgIpc) is 3.13. The molecule has 2 heterocycles. The molecule has 1 amide bonds. The summed E-state index contributed by atoms with van der Waals surface area (Å²) in [5.41, 5.74) is -3.05. The van der Waals surface area contributed by atoms with Crippen LogP contribution in [0.1, 0.15) is 23.2 Å². The second-order valence-corrected chi connectivity index (χ2v) is 5.19. The van der Waals surface area contributed by atoms with E-state index in [0.717, 1.165) is 6.26 Å². The van der Waals surface area contributed by atoms with E-state index >= 15 is 0 Å². The van der Waals surface area contributed by atoms with Gasteiger partial charge in [-0.2, -0.15) is 13.2 Å². The number of halogens is 3. The fourth-order valence-electron chi connectivity index (χ4n) is 2.16. The van der Waals surface area contributed by atoms with Crippen molar-refractivity contribution in [1.29, 1.82) is 0 Å². The first-order chi connectivity index (χ1) is 12.3. The lowest BCUT2D eigenvalue weighted by molar-refractivity contribution is -0.757. The number of furan rings is 1. The summed E-state index contributed by atoms with van der Waals surface area (Å²) in [5, 5.41) is 2.35. The standard InChI is InChI=1S/C16H16F3N3O4/c1-2-25-14(24)15(16(17,18)19,21-10-11-6-3-4-8-20-11)22-13(23)12-7-5-9-26-12/h3-9,21H,2,10H2,1H3,(H,22,23)/p+1/t15-/m0/s1. The highest BCUT2D eigenvalue weighted by atomic mass is 19.4. The summed E-state index contributed by atoms with van der Waals surface area (Å²) in [5.74, 6) is -3.20.